The predicted molar refractivity (Wildman–Crippen MR) is 131 cm³/mol. The minimum Gasteiger partial charge on any atom is -0.305 e. The predicted octanol–water partition coefficient (Wildman–Crippen LogP) is 2.76. The second-order valence-corrected chi connectivity index (χ2v) is 9.82. The van der Waals surface area contributed by atoms with Crippen LogP contribution in [0.5, 0.6) is 0 Å². The third kappa shape index (κ3) is 5.63. The van der Waals surface area contributed by atoms with Crippen LogP contribution in [0.1, 0.15) is 29.5 Å². The zero-order chi connectivity index (χ0) is 23.4. The number of carbonyl (C=O) groups is 1. The SMILES string of the molecule is Cc1cc(C#Cc2ccccc2)cnc1NC(=O)C1=C(Cl)CNN1C1CCN(S(C)=O)CC1. The summed E-state index contributed by atoms with van der Waals surface area (Å²) in [6, 6.07) is 11.7. The molecule has 0 saturated carbocycles. The first-order valence-corrected chi connectivity index (χ1v) is 12.7. The highest BCUT2D eigenvalue weighted by atomic mass is 35.5. The first-order valence-electron chi connectivity index (χ1n) is 10.8. The van der Waals surface area contributed by atoms with Crippen LogP contribution in [0.2, 0.25) is 0 Å². The summed E-state index contributed by atoms with van der Waals surface area (Å²) in [5.74, 6) is 6.39. The molecule has 172 valence electrons. The molecule has 1 aromatic heterocycles. The van der Waals surface area contributed by atoms with E-state index in [-0.39, 0.29) is 11.9 Å². The van der Waals surface area contributed by atoms with Crippen LogP contribution >= 0.6 is 11.6 Å². The van der Waals surface area contributed by atoms with E-state index in [9.17, 15) is 9.00 Å². The lowest BCUT2D eigenvalue weighted by molar-refractivity contribution is -0.115. The molecule has 1 amide bonds. The Morgan fingerprint density at radius 1 is 1.21 bits per heavy atom. The molecule has 1 saturated heterocycles. The molecule has 7 nitrogen and oxygen atoms in total. The van der Waals surface area contributed by atoms with Gasteiger partial charge in [0.1, 0.15) is 11.5 Å². The third-order valence-electron chi connectivity index (χ3n) is 5.70. The monoisotopic (exact) mass is 483 g/mol. The number of hydrogen-bond donors (Lipinski definition) is 2. The highest BCUT2D eigenvalue weighted by molar-refractivity contribution is 7.81. The average Bonchev–Trinajstić information content (AvgIpc) is 3.21. The summed E-state index contributed by atoms with van der Waals surface area (Å²) >= 11 is 6.41. The van der Waals surface area contributed by atoms with Gasteiger partial charge in [-0.3, -0.25) is 9.80 Å². The number of aryl methyl sites for hydroxylation is 1. The van der Waals surface area contributed by atoms with Crippen molar-refractivity contribution < 1.29 is 9.00 Å². The molecule has 4 rings (SSSR count). The summed E-state index contributed by atoms with van der Waals surface area (Å²) < 4.78 is 13.7. The zero-order valence-corrected chi connectivity index (χ0v) is 20.2. The standard InChI is InChI=1S/C24H26ClN5O2S/c1-17-14-19(9-8-18-6-4-3-5-7-18)15-26-23(17)28-24(31)22-21(25)16-27-30(22)20-10-12-29(13-11-20)33(2)32/h3-7,14-15,20,27H,10-13,16H2,1-2H3,(H,26,28,31). The number of amides is 1. The number of hydrogen-bond acceptors (Lipinski definition) is 5. The number of carbonyl (C=O) groups excluding carboxylic acids is 1. The number of aromatic nitrogens is 1. The molecule has 9 heteroatoms. The van der Waals surface area contributed by atoms with Crippen molar-refractivity contribution in [3.63, 3.8) is 0 Å². The van der Waals surface area contributed by atoms with E-state index in [1.165, 1.54) is 0 Å². The van der Waals surface area contributed by atoms with Crippen molar-refractivity contribution in [1.82, 2.24) is 19.7 Å². The van der Waals surface area contributed by atoms with Crippen LogP contribution in [0.15, 0.2) is 53.3 Å². The lowest BCUT2D eigenvalue weighted by atomic mass is 10.1. The van der Waals surface area contributed by atoms with Crippen molar-refractivity contribution in [2.45, 2.75) is 25.8 Å². The molecule has 3 heterocycles. The molecule has 0 aliphatic carbocycles. The average molecular weight is 484 g/mol. The van der Waals surface area contributed by atoms with E-state index in [1.54, 1.807) is 12.5 Å². The molecule has 1 fully saturated rings. The molecule has 0 bridgehead atoms. The summed E-state index contributed by atoms with van der Waals surface area (Å²) in [6.45, 7) is 3.72. The van der Waals surface area contributed by atoms with E-state index in [2.05, 4.69) is 27.6 Å². The van der Waals surface area contributed by atoms with Gasteiger partial charge in [0, 0.05) is 42.7 Å². The maximum absolute atomic E-state index is 13.1. The first-order chi connectivity index (χ1) is 15.9. The van der Waals surface area contributed by atoms with E-state index in [0.717, 1.165) is 29.5 Å². The number of nitrogens with one attached hydrogen (secondary N) is 2. The van der Waals surface area contributed by atoms with E-state index in [0.29, 0.717) is 36.2 Å². The molecule has 33 heavy (non-hydrogen) atoms. The van der Waals surface area contributed by atoms with Crippen LogP contribution in [0.25, 0.3) is 0 Å². The van der Waals surface area contributed by atoms with Gasteiger partial charge in [0.2, 0.25) is 0 Å². The van der Waals surface area contributed by atoms with Crippen molar-refractivity contribution in [3.05, 3.63) is 70.0 Å². The molecular formula is C24H26ClN5O2S. The minimum absolute atomic E-state index is 0.103. The van der Waals surface area contributed by atoms with Crippen LogP contribution in [-0.4, -0.2) is 56.3 Å². The first kappa shape index (κ1) is 23.5. The molecule has 2 aliphatic heterocycles. The van der Waals surface area contributed by atoms with Gasteiger partial charge in [-0.25, -0.2) is 18.9 Å². The number of benzene rings is 1. The number of rotatable bonds is 4. The number of hydrazine groups is 1. The Morgan fingerprint density at radius 3 is 2.58 bits per heavy atom. The molecule has 0 radical (unpaired) electrons. The van der Waals surface area contributed by atoms with Gasteiger partial charge in [-0.2, -0.15) is 0 Å². The Bertz CT molecular complexity index is 1150. The van der Waals surface area contributed by atoms with E-state index in [1.807, 2.05) is 52.6 Å². The normalized spacial score (nSPS) is 18.1. The number of halogens is 1. The number of pyridine rings is 1. The lowest BCUT2D eigenvalue weighted by Crippen LogP contribution is -2.49. The van der Waals surface area contributed by atoms with Crippen molar-refractivity contribution in [1.29, 1.82) is 0 Å². The van der Waals surface area contributed by atoms with Gasteiger partial charge in [0.15, 0.2) is 0 Å². The Balaban J connectivity index is 1.44. The summed E-state index contributed by atoms with van der Waals surface area (Å²) in [7, 11) is -0.978. The van der Waals surface area contributed by atoms with Crippen molar-refractivity contribution in [2.75, 3.05) is 31.2 Å². The largest absolute Gasteiger partial charge is 0.305 e. The van der Waals surface area contributed by atoms with Crippen LogP contribution < -0.4 is 10.7 Å². The summed E-state index contributed by atoms with van der Waals surface area (Å²) in [4.78, 5) is 17.6. The number of anilines is 1. The molecule has 1 atom stereocenters. The van der Waals surface area contributed by atoms with Gasteiger partial charge in [0.25, 0.3) is 5.91 Å². The Labute approximate surface area is 201 Å². The van der Waals surface area contributed by atoms with Gasteiger partial charge in [-0.05, 0) is 43.5 Å². The Morgan fingerprint density at radius 2 is 1.91 bits per heavy atom. The topological polar surface area (TPSA) is 77.6 Å². The lowest BCUT2D eigenvalue weighted by Gasteiger charge is -2.37. The molecule has 2 aromatic rings. The summed E-state index contributed by atoms with van der Waals surface area (Å²) in [6.07, 6.45) is 4.93. The van der Waals surface area contributed by atoms with E-state index < -0.39 is 11.0 Å². The maximum Gasteiger partial charge on any atom is 0.275 e. The molecule has 2 aliphatic rings. The second-order valence-electron chi connectivity index (χ2n) is 8.00. The second kappa shape index (κ2) is 10.5. The van der Waals surface area contributed by atoms with Crippen LogP contribution in [0.4, 0.5) is 5.82 Å². The molecule has 2 N–H and O–H groups in total. The van der Waals surface area contributed by atoms with Gasteiger partial charge < -0.3 is 5.32 Å². The van der Waals surface area contributed by atoms with Crippen LogP contribution in [0, 0.1) is 18.8 Å². The Kier molecular flexibility index (Phi) is 7.46. The quantitative estimate of drug-likeness (QED) is 0.654. The fourth-order valence-electron chi connectivity index (χ4n) is 3.96. The number of piperidine rings is 1. The Hall–Kier alpha value is -2.70. The van der Waals surface area contributed by atoms with Crippen LogP contribution in [-0.2, 0) is 15.8 Å². The molecule has 1 aromatic carbocycles. The maximum atomic E-state index is 13.1. The highest BCUT2D eigenvalue weighted by Gasteiger charge is 2.35. The highest BCUT2D eigenvalue weighted by Crippen LogP contribution is 2.27. The summed E-state index contributed by atoms with van der Waals surface area (Å²) in [5.41, 5.74) is 6.16. The van der Waals surface area contributed by atoms with Gasteiger partial charge in [-0.15, -0.1) is 0 Å². The van der Waals surface area contributed by atoms with Crippen molar-refractivity contribution >= 4 is 34.3 Å². The molecule has 1 unspecified atom stereocenters. The van der Waals surface area contributed by atoms with Crippen molar-refractivity contribution in [3.8, 4) is 11.8 Å². The zero-order valence-electron chi connectivity index (χ0n) is 18.6. The van der Waals surface area contributed by atoms with Gasteiger partial charge in [-0.1, -0.05) is 41.6 Å². The summed E-state index contributed by atoms with van der Waals surface area (Å²) in [5, 5.41) is 5.23. The fraction of sp³-hybridized carbons (Fsp3) is 0.333. The molecule has 0 spiro atoms. The van der Waals surface area contributed by atoms with Gasteiger partial charge in [0.05, 0.1) is 22.6 Å². The van der Waals surface area contributed by atoms with Crippen molar-refractivity contribution in [2.24, 2.45) is 0 Å². The smallest absolute Gasteiger partial charge is 0.275 e. The number of nitrogens with zero attached hydrogens (tertiary/aromatic N) is 3. The third-order valence-corrected chi connectivity index (χ3v) is 7.11. The van der Waals surface area contributed by atoms with E-state index >= 15 is 0 Å². The van der Waals surface area contributed by atoms with Crippen LogP contribution in [0.3, 0.4) is 0 Å². The fourth-order valence-corrected chi connectivity index (χ4v) is 4.92. The molecular weight excluding hydrogens is 458 g/mol. The van der Waals surface area contributed by atoms with Gasteiger partial charge >= 0.3 is 0 Å². The van der Waals surface area contributed by atoms with E-state index in [4.69, 9.17) is 11.6 Å². The minimum atomic E-state index is -0.978.